The highest BCUT2D eigenvalue weighted by molar-refractivity contribution is 6.33. The minimum absolute atomic E-state index is 0.414. The molecule has 0 spiro atoms. The van der Waals surface area contributed by atoms with Gasteiger partial charge in [-0.25, -0.2) is 0 Å². The maximum atomic E-state index is 11.3. The topological polar surface area (TPSA) is 53.7 Å². The van der Waals surface area contributed by atoms with E-state index >= 15 is 0 Å². The van der Waals surface area contributed by atoms with Crippen molar-refractivity contribution in [1.29, 1.82) is 0 Å². The second kappa shape index (κ2) is 6.55. The fourth-order valence-corrected chi connectivity index (χ4v) is 3.16. The van der Waals surface area contributed by atoms with E-state index in [2.05, 4.69) is 0 Å². The molecular formula is C17H18ClNO3. The quantitative estimate of drug-likeness (QED) is 0.924. The lowest BCUT2D eigenvalue weighted by atomic mass is 10.0. The Labute approximate surface area is 134 Å². The van der Waals surface area contributed by atoms with Crippen molar-refractivity contribution in [1.82, 2.24) is 4.90 Å². The van der Waals surface area contributed by atoms with Crippen molar-refractivity contribution in [3.05, 3.63) is 47.2 Å². The highest BCUT2D eigenvalue weighted by Crippen LogP contribution is 2.30. The van der Waals surface area contributed by atoms with Crippen molar-refractivity contribution in [2.75, 3.05) is 6.54 Å². The van der Waals surface area contributed by atoms with Gasteiger partial charge in [0.1, 0.15) is 17.6 Å². The van der Waals surface area contributed by atoms with Gasteiger partial charge in [-0.05, 0) is 43.7 Å². The summed E-state index contributed by atoms with van der Waals surface area (Å²) in [6.45, 7) is 1.31. The largest absolute Gasteiger partial charge is 0.480 e. The molecule has 5 heteroatoms. The molecule has 1 fully saturated rings. The summed E-state index contributed by atoms with van der Waals surface area (Å²) in [7, 11) is 0. The van der Waals surface area contributed by atoms with Crippen molar-refractivity contribution in [2.24, 2.45) is 0 Å². The monoisotopic (exact) mass is 319 g/mol. The zero-order chi connectivity index (χ0) is 15.5. The lowest BCUT2D eigenvalue weighted by Crippen LogP contribution is -2.43. The average Bonchev–Trinajstić information content (AvgIpc) is 2.96. The Bertz CT molecular complexity index is 667. The van der Waals surface area contributed by atoms with E-state index in [1.165, 1.54) is 0 Å². The van der Waals surface area contributed by atoms with E-state index in [4.69, 9.17) is 16.0 Å². The Hall–Kier alpha value is -1.78. The third-order valence-corrected chi connectivity index (χ3v) is 4.39. The van der Waals surface area contributed by atoms with Gasteiger partial charge in [0.25, 0.3) is 0 Å². The molecular weight excluding hydrogens is 302 g/mol. The van der Waals surface area contributed by atoms with E-state index < -0.39 is 12.0 Å². The van der Waals surface area contributed by atoms with Gasteiger partial charge in [-0.2, -0.15) is 0 Å². The molecule has 3 rings (SSSR count). The van der Waals surface area contributed by atoms with Gasteiger partial charge in [0.05, 0.1) is 11.6 Å². The van der Waals surface area contributed by atoms with Crippen LogP contribution in [-0.2, 0) is 11.3 Å². The van der Waals surface area contributed by atoms with Gasteiger partial charge >= 0.3 is 5.97 Å². The molecule has 4 nitrogen and oxygen atoms in total. The lowest BCUT2D eigenvalue weighted by Gasteiger charge is -2.31. The van der Waals surface area contributed by atoms with Gasteiger partial charge in [-0.1, -0.05) is 30.2 Å². The number of carbonyl (C=O) groups is 1. The lowest BCUT2D eigenvalue weighted by molar-refractivity contribution is -0.144. The molecule has 1 aliphatic heterocycles. The fraction of sp³-hybridized carbons (Fsp3) is 0.353. The summed E-state index contributed by atoms with van der Waals surface area (Å²) >= 11 is 6.18. The molecule has 0 aliphatic carbocycles. The van der Waals surface area contributed by atoms with Crippen LogP contribution in [0.15, 0.2) is 40.8 Å². The molecule has 0 radical (unpaired) electrons. The highest BCUT2D eigenvalue weighted by Gasteiger charge is 2.28. The van der Waals surface area contributed by atoms with Crippen LogP contribution in [0.2, 0.25) is 5.02 Å². The van der Waals surface area contributed by atoms with Crippen molar-refractivity contribution >= 4 is 17.6 Å². The van der Waals surface area contributed by atoms with E-state index in [1.807, 2.05) is 41.3 Å². The van der Waals surface area contributed by atoms with Gasteiger partial charge < -0.3 is 9.52 Å². The molecule has 1 aromatic heterocycles. The highest BCUT2D eigenvalue weighted by atomic mass is 35.5. The Balaban J connectivity index is 1.77. The molecule has 0 amide bonds. The van der Waals surface area contributed by atoms with Crippen LogP contribution in [0.3, 0.4) is 0 Å². The summed E-state index contributed by atoms with van der Waals surface area (Å²) in [4.78, 5) is 13.3. The summed E-state index contributed by atoms with van der Waals surface area (Å²) in [5.74, 6) is 0.727. The number of aliphatic carboxylic acids is 1. The van der Waals surface area contributed by atoms with E-state index in [-0.39, 0.29) is 0 Å². The molecule has 2 aromatic rings. The number of halogens is 1. The van der Waals surface area contributed by atoms with Crippen LogP contribution in [0.25, 0.3) is 11.3 Å². The average molecular weight is 320 g/mol. The number of furan rings is 1. The van der Waals surface area contributed by atoms with Gasteiger partial charge in [-0.15, -0.1) is 0 Å². The van der Waals surface area contributed by atoms with Crippen LogP contribution < -0.4 is 0 Å². The molecule has 1 atom stereocenters. The second-order valence-corrected chi connectivity index (χ2v) is 5.97. The maximum absolute atomic E-state index is 11.3. The fourth-order valence-electron chi connectivity index (χ4n) is 2.93. The van der Waals surface area contributed by atoms with Crippen LogP contribution in [0.4, 0.5) is 0 Å². The van der Waals surface area contributed by atoms with Crippen LogP contribution in [0.1, 0.15) is 25.0 Å². The summed E-state index contributed by atoms with van der Waals surface area (Å²) in [5.41, 5.74) is 0.851. The molecule has 1 aromatic carbocycles. The van der Waals surface area contributed by atoms with Gasteiger partial charge in [0, 0.05) is 5.56 Å². The minimum atomic E-state index is -0.752. The first-order valence-electron chi connectivity index (χ1n) is 7.45. The molecule has 22 heavy (non-hydrogen) atoms. The summed E-state index contributed by atoms with van der Waals surface area (Å²) < 4.78 is 5.86. The van der Waals surface area contributed by atoms with Crippen LogP contribution in [0.5, 0.6) is 0 Å². The molecule has 0 bridgehead atoms. The van der Waals surface area contributed by atoms with Crippen LogP contribution in [-0.4, -0.2) is 28.6 Å². The normalized spacial score (nSPS) is 19.2. The van der Waals surface area contributed by atoms with Crippen molar-refractivity contribution in [3.8, 4) is 11.3 Å². The number of benzene rings is 1. The third kappa shape index (κ3) is 3.18. The molecule has 116 valence electrons. The van der Waals surface area contributed by atoms with Crippen molar-refractivity contribution in [2.45, 2.75) is 31.8 Å². The predicted molar refractivity (Wildman–Crippen MR) is 84.8 cm³/mol. The number of hydrogen-bond donors (Lipinski definition) is 1. The Kier molecular flexibility index (Phi) is 4.50. The van der Waals surface area contributed by atoms with Gasteiger partial charge in [-0.3, -0.25) is 9.69 Å². The SMILES string of the molecule is O=C(O)C1CCCCN1Cc1ccc(-c2ccccc2Cl)o1. The predicted octanol–water partition coefficient (Wildman–Crippen LogP) is 4.04. The van der Waals surface area contributed by atoms with Crippen LogP contribution in [0, 0.1) is 0 Å². The number of nitrogens with zero attached hydrogens (tertiary/aromatic N) is 1. The van der Waals surface area contributed by atoms with Crippen LogP contribution >= 0.6 is 11.6 Å². The number of rotatable bonds is 4. The minimum Gasteiger partial charge on any atom is -0.480 e. The molecule has 1 unspecified atom stereocenters. The molecule has 1 aliphatic rings. The van der Waals surface area contributed by atoms with E-state index in [0.29, 0.717) is 23.7 Å². The first kappa shape index (κ1) is 15.1. The smallest absolute Gasteiger partial charge is 0.320 e. The second-order valence-electron chi connectivity index (χ2n) is 5.57. The Morgan fingerprint density at radius 2 is 2.09 bits per heavy atom. The van der Waals surface area contributed by atoms with Gasteiger partial charge in [0.15, 0.2) is 0 Å². The van der Waals surface area contributed by atoms with Crippen molar-refractivity contribution in [3.63, 3.8) is 0 Å². The van der Waals surface area contributed by atoms with E-state index in [1.54, 1.807) is 0 Å². The first-order valence-corrected chi connectivity index (χ1v) is 7.83. The standard InChI is InChI=1S/C17H18ClNO3/c18-14-6-2-1-5-13(14)16-9-8-12(22-16)11-19-10-4-3-7-15(19)17(20)21/h1-2,5-6,8-9,15H,3-4,7,10-11H2,(H,20,21). The number of carboxylic acids is 1. The van der Waals surface area contributed by atoms with Gasteiger partial charge in [0.2, 0.25) is 0 Å². The number of likely N-dealkylation sites (tertiary alicyclic amines) is 1. The Morgan fingerprint density at radius 1 is 1.27 bits per heavy atom. The zero-order valence-corrected chi connectivity index (χ0v) is 12.9. The first-order chi connectivity index (χ1) is 10.6. The van der Waals surface area contributed by atoms with Crippen molar-refractivity contribution < 1.29 is 14.3 Å². The van der Waals surface area contributed by atoms with E-state index in [0.717, 1.165) is 30.7 Å². The molecule has 1 N–H and O–H groups in total. The third-order valence-electron chi connectivity index (χ3n) is 4.06. The summed E-state index contributed by atoms with van der Waals surface area (Å²) in [6.07, 6.45) is 2.70. The summed E-state index contributed by atoms with van der Waals surface area (Å²) in [6, 6.07) is 10.9. The van der Waals surface area contributed by atoms with E-state index in [9.17, 15) is 9.90 Å². The zero-order valence-electron chi connectivity index (χ0n) is 12.2. The number of hydrogen-bond acceptors (Lipinski definition) is 3. The maximum Gasteiger partial charge on any atom is 0.320 e. The molecule has 0 saturated carbocycles. The summed E-state index contributed by atoms with van der Waals surface area (Å²) in [5, 5.41) is 9.96. The number of carboxylic acid groups (broad SMARTS) is 1. The number of piperidine rings is 1. The molecule has 1 saturated heterocycles. The molecule has 2 heterocycles. The Morgan fingerprint density at radius 3 is 2.86 bits per heavy atom.